The highest BCUT2D eigenvalue weighted by molar-refractivity contribution is 6.03. The van der Waals surface area contributed by atoms with E-state index in [9.17, 15) is 9.59 Å². The quantitative estimate of drug-likeness (QED) is 0.636. The van der Waals surface area contributed by atoms with Crippen LogP contribution in [0.4, 0.5) is 0 Å². The Balaban J connectivity index is 2.17. The van der Waals surface area contributed by atoms with Crippen molar-refractivity contribution in [2.75, 3.05) is 0 Å². The fourth-order valence-electron chi connectivity index (χ4n) is 2.01. The highest BCUT2D eigenvalue weighted by Gasteiger charge is 2.09. The van der Waals surface area contributed by atoms with E-state index in [-0.39, 0.29) is 18.7 Å². The van der Waals surface area contributed by atoms with Crippen LogP contribution in [-0.4, -0.2) is 22.7 Å². The SMILES string of the molecule is Cc1ccc(/C(CCC(=O)O)=N/NC(=O)c2ccccc2)cc1. The Labute approximate surface area is 134 Å². The molecule has 2 rings (SSSR count). The van der Waals surface area contributed by atoms with Gasteiger partial charge in [0.1, 0.15) is 0 Å². The zero-order valence-corrected chi connectivity index (χ0v) is 12.8. The molecule has 5 heteroatoms. The van der Waals surface area contributed by atoms with Gasteiger partial charge in [-0.05, 0) is 24.6 Å². The van der Waals surface area contributed by atoms with Gasteiger partial charge >= 0.3 is 5.97 Å². The third-order valence-corrected chi connectivity index (χ3v) is 3.29. The number of amides is 1. The second-order valence-corrected chi connectivity index (χ2v) is 5.13. The third-order valence-electron chi connectivity index (χ3n) is 3.29. The number of carboxylic acid groups (broad SMARTS) is 1. The lowest BCUT2D eigenvalue weighted by atomic mass is 10.0. The Morgan fingerprint density at radius 1 is 0.957 bits per heavy atom. The molecule has 23 heavy (non-hydrogen) atoms. The summed E-state index contributed by atoms with van der Waals surface area (Å²) in [6.45, 7) is 1.97. The van der Waals surface area contributed by atoms with Gasteiger partial charge in [-0.1, -0.05) is 48.0 Å². The summed E-state index contributed by atoms with van der Waals surface area (Å²) < 4.78 is 0. The summed E-state index contributed by atoms with van der Waals surface area (Å²) in [5.74, 6) is -1.23. The van der Waals surface area contributed by atoms with Crippen LogP contribution in [0.2, 0.25) is 0 Å². The highest BCUT2D eigenvalue weighted by Crippen LogP contribution is 2.09. The van der Waals surface area contributed by atoms with Crippen molar-refractivity contribution < 1.29 is 14.7 Å². The third kappa shape index (κ3) is 5.07. The molecule has 0 aliphatic rings. The summed E-state index contributed by atoms with van der Waals surface area (Å²) in [6.07, 6.45) is 0.196. The number of hydrogen-bond donors (Lipinski definition) is 2. The normalized spacial score (nSPS) is 11.1. The molecule has 0 bridgehead atoms. The topological polar surface area (TPSA) is 78.8 Å². The zero-order valence-electron chi connectivity index (χ0n) is 12.8. The average Bonchev–Trinajstić information content (AvgIpc) is 2.56. The van der Waals surface area contributed by atoms with Crippen molar-refractivity contribution in [2.24, 2.45) is 5.10 Å². The van der Waals surface area contributed by atoms with Gasteiger partial charge < -0.3 is 5.11 Å². The number of carbonyl (C=O) groups is 2. The molecule has 0 spiro atoms. The second-order valence-electron chi connectivity index (χ2n) is 5.13. The molecule has 0 aliphatic carbocycles. The Kier molecular flexibility index (Phi) is 5.63. The molecule has 0 atom stereocenters. The van der Waals surface area contributed by atoms with E-state index in [0.29, 0.717) is 11.3 Å². The molecule has 1 amide bonds. The maximum absolute atomic E-state index is 12.0. The van der Waals surface area contributed by atoms with Crippen molar-refractivity contribution in [1.29, 1.82) is 0 Å². The largest absolute Gasteiger partial charge is 0.481 e. The van der Waals surface area contributed by atoms with Crippen molar-refractivity contribution in [3.05, 3.63) is 71.3 Å². The Morgan fingerprint density at radius 3 is 2.22 bits per heavy atom. The lowest BCUT2D eigenvalue weighted by Gasteiger charge is -2.07. The highest BCUT2D eigenvalue weighted by atomic mass is 16.4. The molecule has 0 heterocycles. The van der Waals surface area contributed by atoms with E-state index in [1.807, 2.05) is 37.3 Å². The molecular weight excluding hydrogens is 292 g/mol. The molecule has 2 aromatic rings. The first-order chi connectivity index (χ1) is 11.1. The minimum absolute atomic E-state index is 0.0477. The van der Waals surface area contributed by atoms with E-state index in [1.165, 1.54) is 0 Å². The predicted octanol–water partition coefficient (Wildman–Crippen LogP) is 2.99. The summed E-state index contributed by atoms with van der Waals surface area (Å²) in [6, 6.07) is 16.3. The Hall–Kier alpha value is -2.95. The fourth-order valence-corrected chi connectivity index (χ4v) is 2.01. The monoisotopic (exact) mass is 310 g/mol. The van der Waals surface area contributed by atoms with Gasteiger partial charge in [-0.2, -0.15) is 5.10 Å². The van der Waals surface area contributed by atoms with Crippen LogP contribution < -0.4 is 5.43 Å². The van der Waals surface area contributed by atoms with Gasteiger partial charge in [-0.15, -0.1) is 0 Å². The van der Waals surface area contributed by atoms with Crippen molar-refractivity contribution in [2.45, 2.75) is 19.8 Å². The summed E-state index contributed by atoms with van der Waals surface area (Å²) in [5.41, 5.74) is 5.42. The summed E-state index contributed by atoms with van der Waals surface area (Å²) in [5, 5.41) is 13.0. The van der Waals surface area contributed by atoms with Crippen LogP contribution in [0.3, 0.4) is 0 Å². The van der Waals surface area contributed by atoms with Crippen molar-refractivity contribution >= 4 is 17.6 Å². The van der Waals surface area contributed by atoms with Crippen LogP contribution >= 0.6 is 0 Å². The van der Waals surface area contributed by atoms with Gasteiger partial charge in [-0.3, -0.25) is 9.59 Å². The summed E-state index contributed by atoms with van der Waals surface area (Å²) >= 11 is 0. The van der Waals surface area contributed by atoms with Crippen molar-refractivity contribution in [1.82, 2.24) is 5.43 Å². The maximum atomic E-state index is 12.0. The number of benzene rings is 2. The molecule has 118 valence electrons. The summed E-state index contributed by atoms with van der Waals surface area (Å²) in [4.78, 5) is 22.8. The smallest absolute Gasteiger partial charge is 0.303 e. The molecule has 0 saturated carbocycles. The molecule has 0 aliphatic heterocycles. The van der Waals surface area contributed by atoms with Crippen LogP contribution in [0.1, 0.15) is 34.3 Å². The lowest BCUT2D eigenvalue weighted by molar-refractivity contribution is -0.136. The van der Waals surface area contributed by atoms with Gasteiger partial charge in [0.2, 0.25) is 0 Å². The predicted molar refractivity (Wildman–Crippen MR) is 88.5 cm³/mol. The lowest BCUT2D eigenvalue weighted by Crippen LogP contribution is -2.20. The first-order valence-corrected chi connectivity index (χ1v) is 7.27. The minimum atomic E-state index is -0.904. The van der Waals surface area contributed by atoms with E-state index in [2.05, 4.69) is 10.5 Å². The van der Waals surface area contributed by atoms with Crippen molar-refractivity contribution in [3.8, 4) is 0 Å². The van der Waals surface area contributed by atoms with Gasteiger partial charge in [0, 0.05) is 12.0 Å². The first-order valence-electron chi connectivity index (χ1n) is 7.27. The van der Waals surface area contributed by atoms with Crippen LogP contribution in [0.15, 0.2) is 59.7 Å². The number of nitrogens with one attached hydrogen (secondary N) is 1. The number of carboxylic acids is 1. The zero-order chi connectivity index (χ0) is 16.7. The number of carbonyl (C=O) groups excluding carboxylic acids is 1. The summed E-state index contributed by atoms with van der Waals surface area (Å²) in [7, 11) is 0. The van der Waals surface area contributed by atoms with E-state index in [1.54, 1.807) is 24.3 Å². The molecule has 0 unspecified atom stereocenters. The fraction of sp³-hybridized carbons (Fsp3) is 0.167. The van der Waals surface area contributed by atoms with Gasteiger partial charge in [0.15, 0.2) is 0 Å². The van der Waals surface area contributed by atoms with E-state index >= 15 is 0 Å². The van der Waals surface area contributed by atoms with Gasteiger partial charge in [-0.25, -0.2) is 5.43 Å². The molecule has 2 aromatic carbocycles. The van der Waals surface area contributed by atoms with E-state index < -0.39 is 5.97 Å². The molecule has 0 radical (unpaired) electrons. The number of hydrogen-bond acceptors (Lipinski definition) is 3. The number of aryl methyl sites for hydroxylation is 1. The van der Waals surface area contributed by atoms with Gasteiger partial charge in [0.25, 0.3) is 5.91 Å². The number of nitrogens with zero attached hydrogens (tertiary/aromatic N) is 1. The number of rotatable bonds is 6. The van der Waals surface area contributed by atoms with Crippen LogP contribution in [0.25, 0.3) is 0 Å². The molecule has 0 saturated heterocycles. The minimum Gasteiger partial charge on any atom is -0.481 e. The Morgan fingerprint density at radius 2 is 1.61 bits per heavy atom. The average molecular weight is 310 g/mol. The molecular formula is C18H18N2O3. The first kappa shape index (κ1) is 16.4. The number of hydrazone groups is 1. The van der Waals surface area contributed by atoms with E-state index in [4.69, 9.17) is 5.11 Å². The Bertz CT molecular complexity index is 707. The molecule has 5 nitrogen and oxygen atoms in total. The second kappa shape index (κ2) is 7.89. The molecule has 0 fully saturated rings. The number of aliphatic carboxylic acids is 1. The molecule has 2 N–H and O–H groups in total. The molecule has 0 aromatic heterocycles. The van der Waals surface area contributed by atoms with E-state index in [0.717, 1.165) is 11.1 Å². The van der Waals surface area contributed by atoms with Crippen LogP contribution in [0, 0.1) is 6.92 Å². The van der Waals surface area contributed by atoms with Crippen LogP contribution in [-0.2, 0) is 4.79 Å². The maximum Gasteiger partial charge on any atom is 0.303 e. The van der Waals surface area contributed by atoms with Crippen LogP contribution in [0.5, 0.6) is 0 Å². The standard InChI is InChI=1S/C18H18N2O3/c1-13-7-9-14(10-8-13)16(11-12-17(21)22)19-20-18(23)15-5-3-2-4-6-15/h2-10H,11-12H2,1H3,(H,20,23)(H,21,22)/b19-16+. The van der Waals surface area contributed by atoms with Gasteiger partial charge in [0.05, 0.1) is 12.1 Å². The van der Waals surface area contributed by atoms with Crippen molar-refractivity contribution in [3.63, 3.8) is 0 Å².